The molecule has 2 aromatic carbocycles. The van der Waals surface area contributed by atoms with Crippen molar-refractivity contribution in [3.8, 4) is 28.7 Å². The van der Waals surface area contributed by atoms with Gasteiger partial charge in [0.05, 0.1) is 25.9 Å². The lowest BCUT2D eigenvalue weighted by molar-refractivity contribution is -0.165. The van der Waals surface area contributed by atoms with Gasteiger partial charge >= 0.3 is 5.97 Å². The number of nitrogens with zero attached hydrogens (tertiary/aromatic N) is 1. The number of phenols is 3. The second kappa shape index (κ2) is 17.1. The summed E-state index contributed by atoms with van der Waals surface area (Å²) in [6.45, 7) is 4.85. The van der Waals surface area contributed by atoms with Gasteiger partial charge in [0.2, 0.25) is 5.75 Å². The van der Waals surface area contributed by atoms with Gasteiger partial charge in [-0.2, -0.15) is 0 Å². The molecule has 1 saturated heterocycles. The number of hydrogen-bond acceptors (Lipinski definition) is 10. The fraction of sp³-hybridized carbons (Fsp3) is 0.500. The van der Waals surface area contributed by atoms with Gasteiger partial charge in [-0.3, -0.25) is 9.78 Å². The molecule has 4 N–H and O–H groups in total. The number of carbonyl (C=O) groups is 1. The summed E-state index contributed by atoms with van der Waals surface area (Å²) in [5.74, 6) is 0.220. The highest BCUT2D eigenvalue weighted by Gasteiger charge is 2.37. The van der Waals surface area contributed by atoms with Crippen molar-refractivity contribution >= 4 is 5.97 Å². The van der Waals surface area contributed by atoms with Crippen molar-refractivity contribution < 1.29 is 39.1 Å². The Labute approximate surface area is 271 Å². The van der Waals surface area contributed by atoms with Gasteiger partial charge in [0.1, 0.15) is 6.10 Å². The van der Waals surface area contributed by atoms with Crippen LogP contribution in [0.5, 0.6) is 28.7 Å². The number of methoxy groups -OCH3 is 1. The minimum absolute atomic E-state index is 0.0674. The monoisotopic (exact) mass is 636 g/mol. The number of benzene rings is 2. The molecule has 250 valence electrons. The van der Waals surface area contributed by atoms with Gasteiger partial charge in [-0.05, 0) is 91.7 Å². The van der Waals surface area contributed by atoms with Crippen LogP contribution in [0.3, 0.4) is 0 Å². The van der Waals surface area contributed by atoms with Crippen LogP contribution in [0.4, 0.5) is 0 Å². The van der Waals surface area contributed by atoms with E-state index in [4.69, 9.17) is 18.9 Å². The van der Waals surface area contributed by atoms with Crippen molar-refractivity contribution in [1.29, 1.82) is 0 Å². The van der Waals surface area contributed by atoms with Gasteiger partial charge < -0.3 is 39.6 Å². The number of nitrogens with one attached hydrogen (secondary N) is 1. The van der Waals surface area contributed by atoms with E-state index >= 15 is 0 Å². The maximum atomic E-state index is 12.1. The molecule has 0 saturated carbocycles. The van der Waals surface area contributed by atoms with E-state index < -0.39 is 12.2 Å². The molecule has 5 atom stereocenters. The smallest absolute Gasteiger partial charge is 0.302 e. The highest BCUT2D eigenvalue weighted by Crippen LogP contribution is 2.44. The lowest BCUT2D eigenvalue weighted by Gasteiger charge is -2.39. The molecule has 1 aliphatic rings. The molecule has 0 amide bonds. The molecule has 1 aromatic heterocycles. The Hall–Kier alpha value is -4.02. The first-order valence-corrected chi connectivity index (χ1v) is 16.1. The van der Waals surface area contributed by atoms with Crippen molar-refractivity contribution in [1.82, 2.24) is 10.3 Å². The first-order valence-electron chi connectivity index (χ1n) is 16.1. The van der Waals surface area contributed by atoms with Crippen molar-refractivity contribution in [3.63, 3.8) is 0 Å². The van der Waals surface area contributed by atoms with Crippen molar-refractivity contribution in [2.45, 2.75) is 77.1 Å². The Morgan fingerprint density at radius 1 is 1.07 bits per heavy atom. The molecule has 10 heteroatoms. The van der Waals surface area contributed by atoms with E-state index in [0.717, 1.165) is 36.9 Å². The average Bonchev–Trinajstić information content (AvgIpc) is 3.03. The average molecular weight is 637 g/mol. The molecule has 0 spiro atoms. The first-order chi connectivity index (χ1) is 22.2. The lowest BCUT2D eigenvalue weighted by atomic mass is 9.83. The summed E-state index contributed by atoms with van der Waals surface area (Å²) in [7, 11) is 3.49. The Morgan fingerprint density at radius 3 is 2.61 bits per heavy atom. The summed E-state index contributed by atoms with van der Waals surface area (Å²) in [5, 5.41) is 34.7. The van der Waals surface area contributed by atoms with E-state index in [0.29, 0.717) is 42.9 Å². The van der Waals surface area contributed by atoms with Crippen LogP contribution in [0, 0.1) is 11.8 Å². The van der Waals surface area contributed by atoms with Crippen LogP contribution < -0.4 is 14.8 Å². The zero-order valence-corrected chi connectivity index (χ0v) is 27.3. The maximum absolute atomic E-state index is 12.1. The third-order valence-corrected chi connectivity index (χ3v) is 8.56. The van der Waals surface area contributed by atoms with Gasteiger partial charge in [-0.25, -0.2) is 0 Å². The topological polar surface area (TPSA) is 140 Å². The predicted molar refractivity (Wildman–Crippen MR) is 174 cm³/mol. The van der Waals surface area contributed by atoms with E-state index in [1.54, 1.807) is 24.5 Å². The minimum atomic E-state index is -0.518. The molecule has 3 aromatic rings. The van der Waals surface area contributed by atoms with Gasteiger partial charge in [0, 0.05) is 38.6 Å². The summed E-state index contributed by atoms with van der Waals surface area (Å²) in [6, 6.07) is 12.4. The zero-order valence-electron chi connectivity index (χ0n) is 27.3. The third kappa shape index (κ3) is 9.99. The number of aromatic hydroxyl groups is 3. The van der Waals surface area contributed by atoms with Crippen LogP contribution in [0.15, 0.2) is 54.9 Å². The molecule has 10 nitrogen and oxygen atoms in total. The molecule has 0 unspecified atom stereocenters. The summed E-state index contributed by atoms with van der Waals surface area (Å²) >= 11 is 0. The van der Waals surface area contributed by atoms with E-state index in [-0.39, 0.29) is 47.6 Å². The maximum Gasteiger partial charge on any atom is 0.302 e. The molecule has 0 radical (unpaired) electrons. The molecular weight excluding hydrogens is 588 g/mol. The number of ether oxygens (including phenoxy) is 4. The minimum Gasteiger partial charge on any atom is -0.504 e. The molecule has 0 bridgehead atoms. The molecule has 1 aliphatic heterocycles. The normalized spacial score (nSPS) is 19.3. The molecule has 1 fully saturated rings. The molecule has 2 heterocycles. The van der Waals surface area contributed by atoms with Crippen molar-refractivity contribution in [2.24, 2.45) is 11.8 Å². The summed E-state index contributed by atoms with van der Waals surface area (Å²) in [4.78, 5) is 16.2. The van der Waals surface area contributed by atoms with Gasteiger partial charge in [0.25, 0.3) is 0 Å². The first kappa shape index (κ1) is 34.8. The second-order valence-electron chi connectivity index (χ2n) is 12.3. The van der Waals surface area contributed by atoms with E-state index in [1.165, 1.54) is 20.1 Å². The van der Waals surface area contributed by atoms with Gasteiger partial charge in [-0.15, -0.1) is 0 Å². The Bertz CT molecular complexity index is 1400. The summed E-state index contributed by atoms with van der Waals surface area (Å²) < 4.78 is 23.8. The number of esters is 1. The summed E-state index contributed by atoms with van der Waals surface area (Å²) in [6.07, 6.45) is 7.36. The number of carbonyl (C=O) groups excluding carboxylic acids is 1. The second-order valence-corrected chi connectivity index (χ2v) is 12.3. The fourth-order valence-electron chi connectivity index (χ4n) is 6.25. The number of phenolic OH excluding ortho intramolecular Hbond substituents is 3. The predicted octanol–water partition coefficient (Wildman–Crippen LogP) is 5.87. The van der Waals surface area contributed by atoms with Gasteiger partial charge in [-0.1, -0.05) is 25.5 Å². The van der Waals surface area contributed by atoms with Crippen LogP contribution in [0.1, 0.15) is 68.7 Å². The van der Waals surface area contributed by atoms with Crippen molar-refractivity contribution in [2.75, 3.05) is 27.3 Å². The van der Waals surface area contributed by atoms with Crippen LogP contribution in [0.2, 0.25) is 0 Å². The molecule has 4 rings (SSSR count). The highest BCUT2D eigenvalue weighted by atomic mass is 16.6. The van der Waals surface area contributed by atoms with Crippen LogP contribution in [-0.2, 0) is 27.1 Å². The standard InChI is InChI=1S/C36H48N2O8/c1-23(21-37-3)7-5-9-27(15-26-10-11-30(40)34(16-26)43-4)32-19-29(45-24(2)39)20-33(46-32)28-17-31(41)36(42)35(18-28)44-14-12-25-8-6-13-38-22-25/h6,8,10-11,13,16-18,22-23,27,29,32-33,37,40-42H,5,7,9,12,14-15,19-21H2,1-4H3/t23-,27-,29-,32+,33+/m1/s1. The Morgan fingerprint density at radius 2 is 1.89 bits per heavy atom. The van der Waals surface area contributed by atoms with Crippen LogP contribution >= 0.6 is 0 Å². The van der Waals surface area contributed by atoms with Crippen LogP contribution in [0.25, 0.3) is 0 Å². The molecule has 0 aliphatic carbocycles. The zero-order chi connectivity index (χ0) is 33.1. The number of rotatable bonds is 16. The number of pyridine rings is 1. The van der Waals surface area contributed by atoms with E-state index in [2.05, 4.69) is 17.2 Å². The molecular formula is C36H48N2O8. The Kier molecular flexibility index (Phi) is 12.9. The summed E-state index contributed by atoms with van der Waals surface area (Å²) in [5.41, 5.74) is 2.62. The fourth-order valence-corrected chi connectivity index (χ4v) is 6.25. The van der Waals surface area contributed by atoms with Crippen LogP contribution in [-0.4, -0.2) is 65.8 Å². The Balaban J connectivity index is 1.58. The van der Waals surface area contributed by atoms with Crippen molar-refractivity contribution in [3.05, 3.63) is 71.5 Å². The number of hydrogen-bond donors (Lipinski definition) is 4. The van der Waals surface area contributed by atoms with Gasteiger partial charge in [0.15, 0.2) is 23.0 Å². The quantitative estimate of drug-likeness (QED) is 0.112. The molecule has 46 heavy (non-hydrogen) atoms. The van der Waals surface area contributed by atoms with E-state index in [1.807, 2.05) is 31.3 Å². The lowest BCUT2D eigenvalue weighted by Crippen LogP contribution is -2.39. The SMILES string of the molecule is CNC[C@H](C)CCC[C@H](Cc1ccc(O)c(OC)c1)[C@@H]1C[C@@H](OC(C)=O)C[C@@H](c2cc(O)c(O)c(OCCc3cccnc3)c2)O1. The third-order valence-electron chi connectivity index (χ3n) is 8.56. The van der Waals surface area contributed by atoms with E-state index in [9.17, 15) is 20.1 Å². The largest absolute Gasteiger partial charge is 0.504 e. The highest BCUT2D eigenvalue weighted by molar-refractivity contribution is 5.66. The number of aromatic nitrogens is 1.